The number of hydrogen-bond donors (Lipinski definition) is 2. The number of aryl methyl sites for hydroxylation is 2. The van der Waals surface area contributed by atoms with Crippen molar-refractivity contribution in [3.8, 4) is 0 Å². The Hall–Kier alpha value is -2.50. The second-order valence-corrected chi connectivity index (χ2v) is 4.21. The molecule has 0 spiro atoms. The van der Waals surface area contributed by atoms with Gasteiger partial charge in [0.25, 0.3) is 5.91 Å². The first-order valence-corrected chi connectivity index (χ1v) is 5.63. The summed E-state index contributed by atoms with van der Waals surface area (Å²) in [7, 11) is 0. The van der Waals surface area contributed by atoms with E-state index in [0.29, 0.717) is 5.82 Å². The van der Waals surface area contributed by atoms with Gasteiger partial charge in [0, 0.05) is 5.69 Å². The summed E-state index contributed by atoms with van der Waals surface area (Å²) in [6.07, 6.45) is 0.960. The van der Waals surface area contributed by atoms with Gasteiger partial charge in [-0.2, -0.15) is 0 Å². The zero-order valence-electron chi connectivity index (χ0n) is 10.6. The van der Waals surface area contributed by atoms with Gasteiger partial charge >= 0.3 is 0 Å². The Labute approximate surface area is 109 Å². The Morgan fingerprint density at radius 3 is 2.74 bits per heavy atom. The molecule has 0 aromatic carbocycles. The van der Waals surface area contributed by atoms with Crippen LogP contribution in [0.2, 0.25) is 0 Å². The van der Waals surface area contributed by atoms with E-state index >= 15 is 0 Å². The molecule has 2 aromatic rings. The lowest BCUT2D eigenvalue weighted by Crippen LogP contribution is -2.16. The van der Waals surface area contributed by atoms with Gasteiger partial charge in [0.15, 0.2) is 0 Å². The Balaban J connectivity index is 2.28. The van der Waals surface area contributed by atoms with E-state index < -0.39 is 11.7 Å². The van der Waals surface area contributed by atoms with Crippen LogP contribution in [0.15, 0.2) is 24.4 Å². The first kappa shape index (κ1) is 12.9. The van der Waals surface area contributed by atoms with Crippen LogP contribution in [0.4, 0.5) is 16.0 Å². The zero-order valence-corrected chi connectivity index (χ0v) is 10.6. The molecule has 0 saturated heterocycles. The summed E-state index contributed by atoms with van der Waals surface area (Å²) in [5.74, 6) is -0.788. The lowest BCUT2D eigenvalue weighted by molar-refractivity contribution is 0.102. The summed E-state index contributed by atoms with van der Waals surface area (Å²) in [5, 5.41) is 2.57. The average molecular weight is 260 g/mol. The predicted octanol–water partition coefficient (Wildman–Crippen LogP) is 2.07. The highest BCUT2D eigenvalue weighted by Gasteiger charge is 2.13. The number of amides is 1. The number of carbonyl (C=O) groups is 1. The third-order valence-electron chi connectivity index (χ3n) is 2.47. The number of rotatable bonds is 2. The van der Waals surface area contributed by atoms with Crippen molar-refractivity contribution >= 4 is 17.5 Å². The zero-order chi connectivity index (χ0) is 14.0. The van der Waals surface area contributed by atoms with E-state index in [-0.39, 0.29) is 11.4 Å². The molecule has 98 valence electrons. The number of nitrogens with one attached hydrogen (secondary N) is 1. The number of nitrogen functional groups attached to an aromatic ring is 1. The summed E-state index contributed by atoms with van der Waals surface area (Å²) in [5.41, 5.74) is 7.28. The minimum absolute atomic E-state index is 0.0130. The lowest BCUT2D eigenvalue weighted by Gasteiger charge is -2.08. The van der Waals surface area contributed by atoms with E-state index in [0.717, 1.165) is 23.5 Å². The number of aromatic nitrogens is 2. The highest BCUT2D eigenvalue weighted by atomic mass is 19.1. The van der Waals surface area contributed by atoms with Crippen molar-refractivity contribution < 1.29 is 9.18 Å². The van der Waals surface area contributed by atoms with Gasteiger partial charge in [-0.05, 0) is 37.6 Å². The molecule has 0 atom stereocenters. The standard InChI is InChI=1S/C13H13FN4O/c1-7-3-8(2)17-11(4-7)18-13(19)10-5-9(14)6-16-12(10)15/h3-6H,1-2H3,(H2,15,16)(H,17,18,19). The normalized spacial score (nSPS) is 10.3. The minimum Gasteiger partial charge on any atom is -0.383 e. The van der Waals surface area contributed by atoms with Crippen LogP contribution in [-0.2, 0) is 0 Å². The average Bonchev–Trinajstić information content (AvgIpc) is 2.30. The molecule has 3 N–H and O–H groups in total. The first-order chi connectivity index (χ1) is 8.95. The van der Waals surface area contributed by atoms with Crippen LogP contribution in [0.5, 0.6) is 0 Å². The predicted molar refractivity (Wildman–Crippen MR) is 70.3 cm³/mol. The van der Waals surface area contributed by atoms with Crippen molar-refractivity contribution in [2.24, 2.45) is 0 Å². The molecule has 19 heavy (non-hydrogen) atoms. The van der Waals surface area contributed by atoms with Gasteiger partial charge in [-0.3, -0.25) is 4.79 Å². The van der Waals surface area contributed by atoms with Crippen LogP contribution in [0, 0.1) is 19.7 Å². The molecule has 2 rings (SSSR count). The number of anilines is 2. The number of nitrogens with zero attached hydrogens (tertiary/aromatic N) is 2. The SMILES string of the molecule is Cc1cc(C)nc(NC(=O)c2cc(F)cnc2N)c1. The molecule has 0 aliphatic carbocycles. The summed E-state index contributed by atoms with van der Waals surface area (Å²) in [4.78, 5) is 19.7. The van der Waals surface area contributed by atoms with Crippen LogP contribution in [0.1, 0.15) is 21.6 Å². The first-order valence-electron chi connectivity index (χ1n) is 5.63. The minimum atomic E-state index is -0.618. The van der Waals surface area contributed by atoms with Gasteiger partial charge in [0.1, 0.15) is 17.5 Å². The quantitative estimate of drug-likeness (QED) is 0.866. The van der Waals surface area contributed by atoms with Crippen LogP contribution >= 0.6 is 0 Å². The van der Waals surface area contributed by atoms with Crippen LogP contribution in [0.3, 0.4) is 0 Å². The fraction of sp³-hybridized carbons (Fsp3) is 0.154. The van der Waals surface area contributed by atoms with Gasteiger partial charge < -0.3 is 11.1 Å². The molecule has 6 heteroatoms. The highest BCUT2D eigenvalue weighted by molar-refractivity contribution is 6.06. The fourth-order valence-electron chi connectivity index (χ4n) is 1.72. The van der Waals surface area contributed by atoms with E-state index in [4.69, 9.17) is 5.73 Å². The van der Waals surface area contributed by atoms with Gasteiger partial charge in [-0.25, -0.2) is 14.4 Å². The highest BCUT2D eigenvalue weighted by Crippen LogP contribution is 2.14. The van der Waals surface area contributed by atoms with Crippen LogP contribution < -0.4 is 11.1 Å². The Bertz CT molecular complexity index is 622. The molecule has 0 unspecified atom stereocenters. The summed E-state index contributed by atoms with van der Waals surface area (Å²) in [6.45, 7) is 3.71. The summed E-state index contributed by atoms with van der Waals surface area (Å²) >= 11 is 0. The Kier molecular flexibility index (Phi) is 3.41. The molecule has 0 aliphatic rings. The van der Waals surface area contributed by atoms with E-state index in [2.05, 4.69) is 15.3 Å². The molecule has 0 saturated carbocycles. The lowest BCUT2D eigenvalue weighted by atomic mass is 10.2. The molecule has 0 aliphatic heterocycles. The molecule has 2 aromatic heterocycles. The molecular formula is C13H13FN4O. The Morgan fingerprint density at radius 1 is 1.32 bits per heavy atom. The molecule has 0 bridgehead atoms. The maximum absolute atomic E-state index is 13.1. The number of hydrogen-bond acceptors (Lipinski definition) is 4. The molecule has 5 nitrogen and oxygen atoms in total. The van der Waals surface area contributed by atoms with Crippen molar-refractivity contribution in [3.63, 3.8) is 0 Å². The largest absolute Gasteiger partial charge is 0.383 e. The van der Waals surface area contributed by atoms with E-state index in [1.807, 2.05) is 19.9 Å². The van der Waals surface area contributed by atoms with Gasteiger partial charge in [0.2, 0.25) is 0 Å². The molecule has 1 amide bonds. The number of pyridine rings is 2. The number of nitrogens with two attached hydrogens (primary N) is 1. The van der Waals surface area contributed by atoms with Crippen molar-refractivity contribution in [1.82, 2.24) is 9.97 Å². The topological polar surface area (TPSA) is 80.9 Å². The Morgan fingerprint density at radius 2 is 2.05 bits per heavy atom. The van der Waals surface area contributed by atoms with Crippen molar-refractivity contribution in [2.75, 3.05) is 11.1 Å². The monoisotopic (exact) mass is 260 g/mol. The fourth-order valence-corrected chi connectivity index (χ4v) is 1.72. The van der Waals surface area contributed by atoms with E-state index in [9.17, 15) is 9.18 Å². The van der Waals surface area contributed by atoms with Crippen molar-refractivity contribution in [3.05, 3.63) is 47.0 Å². The summed E-state index contributed by atoms with van der Waals surface area (Å²) in [6, 6.07) is 4.64. The van der Waals surface area contributed by atoms with Gasteiger partial charge in [-0.1, -0.05) is 0 Å². The van der Waals surface area contributed by atoms with Crippen LogP contribution in [-0.4, -0.2) is 15.9 Å². The summed E-state index contributed by atoms with van der Waals surface area (Å²) < 4.78 is 13.1. The smallest absolute Gasteiger partial charge is 0.260 e. The van der Waals surface area contributed by atoms with Crippen LogP contribution in [0.25, 0.3) is 0 Å². The van der Waals surface area contributed by atoms with Crippen molar-refractivity contribution in [2.45, 2.75) is 13.8 Å². The number of carbonyl (C=O) groups excluding carboxylic acids is 1. The van der Waals surface area contributed by atoms with E-state index in [1.54, 1.807) is 6.07 Å². The third kappa shape index (κ3) is 3.04. The molecule has 2 heterocycles. The third-order valence-corrected chi connectivity index (χ3v) is 2.47. The molecular weight excluding hydrogens is 247 g/mol. The second-order valence-electron chi connectivity index (χ2n) is 4.21. The van der Waals surface area contributed by atoms with Gasteiger partial charge in [-0.15, -0.1) is 0 Å². The second kappa shape index (κ2) is 5.01. The van der Waals surface area contributed by atoms with E-state index in [1.165, 1.54) is 0 Å². The molecule has 0 radical (unpaired) electrons. The van der Waals surface area contributed by atoms with Gasteiger partial charge in [0.05, 0.1) is 11.8 Å². The maximum Gasteiger partial charge on any atom is 0.260 e. The van der Waals surface area contributed by atoms with Crippen molar-refractivity contribution in [1.29, 1.82) is 0 Å². The molecule has 0 fully saturated rings. The maximum atomic E-state index is 13.1. The number of halogens is 1.